The maximum atomic E-state index is 11.0. The minimum atomic E-state index is -0.110. The van der Waals surface area contributed by atoms with Crippen LogP contribution in [0.5, 0.6) is 0 Å². The highest BCUT2D eigenvalue weighted by Gasteiger charge is 2.06. The summed E-state index contributed by atoms with van der Waals surface area (Å²) in [5, 5.41) is 5.30. The predicted molar refractivity (Wildman–Crippen MR) is 44.9 cm³/mol. The van der Waals surface area contributed by atoms with E-state index in [9.17, 15) is 4.79 Å². The lowest BCUT2D eigenvalue weighted by molar-refractivity contribution is 0.0958. The van der Waals surface area contributed by atoms with Crippen molar-refractivity contribution in [1.82, 2.24) is 10.3 Å². The molecule has 1 heterocycles. The van der Waals surface area contributed by atoms with Crippen LogP contribution in [0.15, 0.2) is 5.38 Å². The third kappa shape index (κ3) is 1.77. The molecule has 0 atom stereocenters. The number of aromatic nitrogens is 1. The number of rotatable bonds is 2. The standard InChI is InChI=1S/C7H10N2OS/c1-3-6-9-5(4-11-6)7(10)8-2/h4H,3H2,1-2H3,(H,8,10). The third-order valence-corrected chi connectivity index (χ3v) is 2.31. The normalized spacial score (nSPS) is 9.64. The minimum absolute atomic E-state index is 0.110. The fourth-order valence-electron chi connectivity index (χ4n) is 0.706. The van der Waals surface area contributed by atoms with Crippen molar-refractivity contribution in [2.45, 2.75) is 13.3 Å². The maximum absolute atomic E-state index is 11.0. The predicted octanol–water partition coefficient (Wildman–Crippen LogP) is 1.07. The number of aryl methyl sites for hydroxylation is 1. The van der Waals surface area contributed by atoms with E-state index in [4.69, 9.17) is 0 Å². The van der Waals surface area contributed by atoms with Gasteiger partial charge in [-0.1, -0.05) is 6.92 Å². The minimum Gasteiger partial charge on any atom is -0.354 e. The molecule has 0 aliphatic heterocycles. The summed E-state index contributed by atoms with van der Waals surface area (Å²) in [6, 6.07) is 0. The molecule has 3 nitrogen and oxygen atoms in total. The van der Waals surface area contributed by atoms with E-state index < -0.39 is 0 Å². The summed E-state index contributed by atoms with van der Waals surface area (Å²) in [5.41, 5.74) is 0.523. The van der Waals surface area contributed by atoms with Gasteiger partial charge in [-0.3, -0.25) is 4.79 Å². The molecule has 0 aliphatic carbocycles. The van der Waals surface area contributed by atoms with E-state index in [1.165, 1.54) is 11.3 Å². The Kier molecular flexibility index (Phi) is 2.59. The lowest BCUT2D eigenvalue weighted by atomic mass is 10.4. The first-order valence-corrected chi connectivity index (χ1v) is 4.32. The van der Waals surface area contributed by atoms with Crippen molar-refractivity contribution in [1.29, 1.82) is 0 Å². The monoisotopic (exact) mass is 170 g/mol. The molecule has 1 N–H and O–H groups in total. The van der Waals surface area contributed by atoms with Crippen molar-refractivity contribution < 1.29 is 4.79 Å². The van der Waals surface area contributed by atoms with Gasteiger partial charge in [-0.15, -0.1) is 11.3 Å². The molecule has 0 radical (unpaired) electrons. The third-order valence-electron chi connectivity index (χ3n) is 1.31. The molecule has 1 amide bonds. The van der Waals surface area contributed by atoms with E-state index in [0.717, 1.165) is 11.4 Å². The Labute approximate surface area is 69.5 Å². The van der Waals surface area contributed by atoms with Crippen molar-refractivity contribution in [3.8, 4) is 0 Å². The zero-order chi connectivity index (χ0) is 8.27. The van der Waals surface area contributed by atoms with E-state index in [2.05, 4.69) is 10.3 Å². The van der Waals surface area contributed by atoms with Crippen molar-refractivity contribution >= 4 is 17.2 Å². The summed E-state index contributed by atoms with van der Waals surface area (Å²) in [7, 11) is 1.60. The quantitative estimate of drug-likeness (QED) is 0.721. The summed E-state index contributed by atoms with van der Waals surface area (Å²) in [4.78, 5) is 15.1. The SMILES string of the molecule is CCc1nc(C(=O)NC)cs1. The average Bonchev–Trinajstić information content (AvgIpc) is 2.50. The van der Waals surface area contributed by atoms with Gasteiger partial charge in [-0.2, -0.15) is 0 Å². The van der Waals surface area contributed by atoms with Gasteiger partial charge in [0.05, 0.1) is 5.01 Å². The van der Waals surface area contributed by atoms with Crippen molar-refractivity contribution in [2.24, 2.45) is 0 Å². The summed E-state index contributed by atoms with van der Waals surface area (Å²) >= 11 is 1.52. The molecule has 60 valence electrons. The van der Waals surface area contributed by atoms with E-state index in [1.807, 2.05) is 6.92 Å². The highest BCUT2D eigenvalue weighted by atomic mass is 32.1. The Morgan fingerprint density at radius 1 is 1.82 bits per heavy atom. The molecule has 0 aliphatic rings. The van der Waals surface area contributed by atoms with Crippen LogP contribution in [0.25, 0.3) is 0 Å². The first kappa shape index (κ1) is 8.20. The fraction of sp³-hybridized carbons (Fsp3) is 0.429. The highest BCUT2D eigenvalue weighted by molar-refractivity contribution is 7.09. The Morgan fingerprint density at radius 2 is 2.55 bits per heavy atom. The molecule has 0 spiro atoms. The molecule has 1 rings (SSSR count). The Hall–Kier alpha value is -0.900. The number of nitrogens with one attached hydrogen (secondary N) is 1. The number of hydrogen-bond donors (Lipinski definition) is 1. The smallest absolute Gasteiger partial charge is 0.270 e. The van der Waals surface area contributed by atoms with Gasteiger partial charge in [0.1, 0.15) is 5.69 Å². The van der Waals surface area contributed by atoms with E-state index >= 15 is 0 Å². The summed E-state index contributed by atoms with van der Waals surface area (Å²) < 4.78 is 0. The van der Waals surface area contributed by atoms with E-state index in [1.54, 1.807) is 12.4 Å². The fourth-order valence-corrected chi connectivity index (χ4v) is 1.43. The second-order valence-corrected chi connectivity index (χ2v) is 3.00. The number of carbonyl (C=O) groups is 1. The molecule has 1 aromatic heterocycles. The molecule has 4 heteroatoms. The van der Waals surface area contributed by atoms with E-state index in [0.29, 0.717) is 5.69 Å². The summed E-state index contributed by atoms with van der Waals surface area (Å²) in [6.07, 6.45) is 0.891. The van der Waals surface area contributed by atoms with Crippen LogP contribution in [0.1, 0.15) is 22.4 Å². The van der Waals surface area contributed by atoms with Gasteiger partial charge >= 0.3 is 0 Å². The summed E-state index contributed by atoms with van der Waals surface area (Å²) in [5.74, 6) is -0.110. The van der Waals surface area contributed by atoms with Crippen LogP contribution >= 0.6 is 11.3 Å². The molecule has 0 unspecified atom stereocenters. The molecular formula is C7H10N2OS. The molecule has 0 saturated heterocycles. The van der Waals surface area contributed by atoms with Crippen LogP contribution in [-0.2, 0) is 6.42 Å². The second-order valence-electron chi connectivity index (χ2n) is 2.06. The van der Waals surface area contributed by atoms with Gasteiger partial charge in [0.2, 0.25) is 0 Å². The van der Waals surface area contributed by atoms with Crippen molar-refractivity contribution in [3.05, 3.63) is 16.1 Å². The molecule has 0 saturated carbocycles. The van der Waals surface area contributed by atoms with E-state index in [-0.39, 0.29) is 5.91 Å². The molecule has 0 bridgehead atoms. The largest absolute Gasteiger partial charge is 0.354 e. The number of hydrogen-bond acceptors (Lipinski definition) is 3. The maximum Gasteiger partial charge on any atom is 0.270 e. The lowest BCUT2D eigenvalue weighted by Crippen LogP contribution is -2.18. The van der Waals surface area contributed by atoms with Gasteiger partial charge < -0.3 is 5.32 Å². The second kappa shape index (κ2) is 3.48. The molecule has 11 heavy (non-hydrogen) atoms. The lowest BCUT2D eigenvalue weighted by Gasteiger charge is -1.90. The molecule has 1 aromatic rings. The zero-order valence-corrected chi connectivity index (χ0v) is 7.36. The van der Waals surface area contributed by atoms with Gasteiger partial charge in [0.15, 0.2) is 0 Å². The Morgan fingerprint density at radius 3 is 3.00 bits per heavy atom. The molecule has 0 aromatic carbocycles. The van der Waals surface area contributed by atoms with Gasteiger partial charge in [-0.05, 0) is 6.42 Å². The highest BCUT2D eigenvalue weighted by Crippen LogP contribution is 2.09. The van der Waals surface area contributed by atoms with Crippen LogP contribution in [0, 0.1) is 0 Å². The first-order chi connectivity index (χ1) is 5.27. The average molecular weight is 170 g/mol. The number of nitrogens with zero attached hydrogens (tertiary/aromatic N) is 1. The van der Waals surface area contributed by atoms with Crippen molar-refractivity contribution in [3.63, 3.8) is 0 Å². The first-order valence-electron chi connectivity index (χ1n) is 3.44. The zero-order valence-electron chi connectivity index (χ0n) is 6.55. The molecule has 0 fully saturated rings. The van der Waals surface area contributed by atoms with Crippen LogP contribution in [0.3, 0.4) is 0 Å². The Balaban J connectivity index is 2.80. The van der Waals surface area contributed by atoms with Crippen LogP contribution in [0.4, 0.5) is 0 Å². The topological polar surface area (TPSA) is 42.0 Å². The van der Waals surface area contributed by atoms with Gasteiger partial charge in [0, 0.05) is 12.4 Å². The number of amides is 1. The summed E-state index contributed by atoms with van der Waals surface area (Å²) in [6.45, 7) is 2.02. The number of thiazole rings is 1. The van der Waals surface area contributed by atoms with Crippen LogP contribution in [0.2, 0.25) is 0 Å². The van der Waals surface area contributed by atoms with Crippen LogP contribution < -0.4 is 5.32 Å². The Bertz CT molecular complexity index is 257. The van der Waals surface area contributed by atoms with Gasteiger partial charge in [-0.25, -0.2) is 4.98 Å². The van der Waals surface area contributed by atoms with Crippen molar-refractivity contribution in [2.75, 3.05) is 7.05 Å². The van der Waals surface area contributed by atoms with Gasteiger partial charge in [0.25, 0.3) is 5.91 Å². The van der Waals surface area contributed by atoms with Crippen LogP contribution in [-0.4, -0.2) is 17.9 Å². The molecular weight excluding hydrogens is 160 g/mol. The number of carbonyl (C=O) groups excluding carboxylic acids is 1.